The van der Waals surface area contributed by atoms with E-state index < -0.39 is 6.23 Å². The van der Waals surface area contributed by atoms with Crippen LogP contribution in [0.2, 0.25) is 0 Å². The van der Waals surface area contributed by atoms with Crippen LogP contribution < -0.4 is 14.8 Å². The molecule has 8 heteroatoms. The maximum Gasteiger partial charge on any atom is 0.247 e. The first-order valence-electron chi connectivity index (χ1n) is 8.43. The minimum absolute atomic E-state index is 0.425. The van der Waals surface area contributed by atoms with Gasteiger partial charge in [-0.05, 0) is 45.9 Å². The molecule has 2 heterocycles. The molecule has 0 bridgehead atoms. The molecule has 2 aromatic carbocycles. The van der Waals surface area contributed by atoms with E-state index >= 15 is 0 Å². The molecule has 6 nitrogen and oxygen atoms in total. The lowest BCUT2D eigenvalue weighted by atomic mass is 10.1. The van der Waals surface area contributed by atoms with Crippen molar-refractivity contribution in [3.8, 4) is 22.9 Å². The smallest absolute Gasteiger partial charge is 0.247 e. The van der Waals surface area contributed by atoms with Crippen LogP contribution >= 0.6 is 27.7 Å². The zero-order valence-corrected chi connectivity index (χ0v) is 17.2. The van der Waals surface area contributed by atoms with Crippen molar-refractivity contribution in [2.45, 2.75) is 18.3 Å². The normalized spacial score (nSPS) is 15.0. The number of nitrogens with zero attached hydrogens (tertiary/aromatic N) is 3. The summed E-state index contributed by atoms with van der Waals surface area (Å²) in [6, 6.07) is 13.8. The summed E-state index contributed by atoms with van der Waals surface area (Å²) in [7, 11) is 1.64. The largest absolute Gasteiger partial charge is 0.496 e. The molecular formula is C19H17BrN4O2S. The van der Waals surface area contributed by atoms with Crippen LogP contribution in [0, 0.1) is 0 Å². The van der Waals surface area contributed by atoms with Crippen molar-refractivity contribution < 1.29 is 9.47 Å². The molecule has 0 unspecified atom stereocenters. The minimum atomic E-state index is -0.425. The summed E-state index contributed by atoms with van der Waals surface area (Å²) < 4.78 is 12.4. The second kappa shape index (κ2) is 7.74. The molecule has 0 amide bonds. The number of rotatable bonds is 4. The summed E-state index contributed by atoms with van der Waals surface area (Å²) in [4.78, 5) is 4.58. The number of benzene rings is 2. The molecule has 0 radical (unpaired) electrons. The van der Waals surface area contributed by atoms with E-state index in [1.54, 1.807) is 7.11 Å². The summed E-state index contributed by atoms with van der Waals surface area (Å²) in [6.45, 7) is 2.05. The van der Waals surface area contributed by atoms with Crippen LogP contribution in [0.25, 0.3) is 11.3 Å². The molecule has 0 saturated carbocycles. The van der Waals surface area contributed by atoms with Gasteiger partial charge in [-0.2, -0.15) is 4.98 Å². The number of ether oxygens (including phenoxy) is 2. The zero-order chi connectivity index (χ0) is 18.8. The maximum atomic E-state index is 6.24. The lowest BCUT2D eigenvalue weighted by Crippen LogP contribution is -2.17. The summed E-state index contributed by atoms with van der Waals surface area (Å²) in [5.74, 6) is 2.10. The summed E-state index contributed by atoms with van der Waals surface area (Å²) in [5.41, 5.74) is 3.40. The number of hydrogen-bond donors (Lipinski definition) is 1. The molecule has 27 heavy (non-hydrogen) atoms. The molecule has 1 N–H and O–H groups in total. The molecule has 1 atom stereocenters. The highest BCUT2D eigenvalue weighted by atomic mass is 79.9. The van der Waals surface area contributed by atoms with E-state index in [1.807, 2.05) is 42.5 Å². The predicted molar refractivity (Wildman–Crippen MR) is 109 cm³/mol. The van der Waals surface area contributed by atoms with Crippen molar-refractivity contribution in [2.24, 2.45) is 0 Å². The average molecular weight is 445 g/mol. The second-order valence-electron chi connectivity index (χ2n) is 5.76. The van der Waals surface area contributed by atoms with E-state index in [1.165, 1.54) is 11.8 Å². The van der Waals surface area contributed by atoms with Gasteiger partial charge in [-0.25, -0.2) is 0 Å². The molecule has 0 spiro atoms. The van der Waals surface area contributed by atoms with Gasteiger partial charge in [0.15, 0.2) is 11.9 Å². The monoisotopic (exact) mass is 444 g/mol. The van der Waals surface area contributed by atoms with E-state index in [-0.39, 0.29) is 0 Å². The van der Waals surface area contributed by atoms with Crippen molar-refractivity contribution in [3.63, 3.8) is 0 Å². The topological polar surface area (TPSA) is 69.2 Å². The third-order valence-corrected chi connectivity index (χ3v) is 5.43. The number of hydrogen-bond acceptors (Lipinski definition) is 7. The van der Waals surface area contributed by atoms with Gasteiger partial charge in [0.05, 0.1) is 11.6 Å². The number of para-hydroxylation sites is 1. The molecule has 1 aromatic heterocycles. The van der Waals surface area contributed by atoms with Gasteiger partial charge < -0.3 is 14.8 Å². The number of methoxy groups -OCH3 is 1. The van der Waals surface area contributed by atoms with Gasteiger partial charge in [-0.1, -0.05) is 36.9 Å². The Morgan fingerprint density at radius 3 is 2.85 bits per heavy atom. The van der Waals surface area contributed by atoms with Gasteiger partial charge in [-0.15, -0.1) is 10.2 Å². The second-order valence-corrected chi connectivity index (χ2v) is 7.85. The van der Waals surface area contributed by atoms with Gasteiger partial charge in [0.2, 0.25) is 11.0 Å². The standard InChI is InChI=1S/C19H17BrN4O2S/c1-3-27-19-22-18-16(23-24-19)12-6-4-5-7-14(12)21-17(26-18)11-8-9-15(25-2)13(20)10-11/h4-10,17,21H,3H2,1-2H3/t17-/m1/s1. The Balaban J connectivity index is 1.80. The molecule has 4 rings (SSSR count). The molecule has 138 valence electrons. The SMILES string of the molecule is CCSc1nnc2c(n1)O[C@H](c1ccc(OC)c(Br)c1)Nc1ccccc1-2. The maximum absolute atomic E-state index is 6.24. The zero-order valence-electron chi connectivity index (χ0n) is 14.8. The van der Waals surface area contributed by atoms with E-state index in [0.717, 1.165) is 32.8 Å². The highest BCUT2D eigenvalue weighted by molar-refractivity contribution is 9.10. The van der Waals surface area contributed by atoms with Gasteiger partial charge in [0, 0.05) is 16.8 Å². The third-order valence-electron chi connectivity index (χ3n) is 4.09. The molecule has 0 saturated heterocycles. The quantitative estimate of drug-likeness (QED) is 0.572. The molecular weight excluding hydrogens is 428 g/mol. The molecule has 3 aromatic rings. The van der Waals surface area contributed by atoms with Gasteiger partial charge in [0.1, 0.15) is 5.75 Å². The van der Waals surface area contributed by atoms with Crippen LogP contribution in [0.15, 0.2) is 52.1 Å². The van der Waals surface area contributed by atoms with Crippen molar-refractivity contribution in [2.75, 3.05) is 18.2 Å². The number of nitrogens with one attached hydrogen (secondary N) is 1. The Bertz CT molecular complexity index is 986. The lowest BCUT2D eigenvalue weighted by molar-refractivity contribution is 0.225. The molecule has 0 fully saturated rings. The Labute approximate surface area is 169 Å². The number of aromatic nitrogens is 3. The summed E-state index contributed by atoms with van der Waals surface area (Å²) >= 11 is 5.07. The fraction of sp³-hybridized carbons (Fsp3) is 0.211. The van der Waals surface area contributed by atoms with Crippen LogP contribution in [0.1, 0.15) is 18.7 Å². The van der Waals surface area contributed by atoms with E-state index in [0.29, 0.717) is 16.7 Å². The lowest BCUT2D eigenvalue weighted by Gasteiger charge is -2.20. The first-order valence-corrected chi connectivity index (χ1v) is 10.2. The first kappa shape index (κ1) is 18.1. The Morgan fingerprint density at radius 1 is 1.22 bits per heavy atom. The fourth-order valence-electron chi connectivity index (χ4n) is 2.83. The number of halogens is 1. The Hall–Kier alpha value is -2.32. The minimum Gasteiger partial charge on any atom is -0.496 e. The van der Waals surface area contributed by atoms with E-state index in [9.17, 15) is 0 Å². The Kier molecular flexibility index (Phi) is 5.18. The summed E-state index contributed by atoms with van der Waals surface area (Å²) in [5, 5.41) is 12.7. The molecule has 1 aliphatic heterocycles. The van der Waals surface area contributed by atoms with Crippen LogP contribution in [-0.4, -0.2) is 28.0 Å². The van der Waals surface area contributed by atoms with Gasteiger partial charge in [-0.3, -0.25) is 0 Å². The van der Waals surface area contributed by atoms with E-state index in [4.69, 9.17) is 9.47 Å². The number of thioether (sulfide) groups is 1. The van der Waals surface area contributed by atoms with Crippen molar-refractivity contribution >= 4 is 33.4 Å². The van der Waals surface area contributed by atoms with Crippen molar-refractivity contribution in [1.82, 2.24) is 15.2 Å². The van der Waals surface area contributed by atoms with Crippen LogP contribution in [0.4, 0.5) is 5.69 Å². The van der Waals surface area contributed by atoms with E-state index in [2.05, 4.69) is 43.4 Å². The van der Waals surface area contributed by atoms with Crippen molar-refractivity contribution in [3.05, 3.63) is 52.5 Å². The summed E-state index contributed by atoms with van der Waals surface area (Å²) in [6.07, 6.45) is -0.425. The predicted octanol–water partition coefficient (Wildman–Crippen LogP) is 4.92. The highest BCUT2D eigenvalue weighted by Crippen LogP contribution is 2.40. The Morgan fingerprint density at radius 2 is 2.07 bits per heavy atom. The van der Waals surface area contributed by atoms with Gasteiger partial charge in [0.25, 0.3) is 0 Å². The average Bonchev–Trinajstić information content (AvgIpc) is 2.84. The van der Waals surface area contributed by atoms with Crippen LogP contribution in [-0.2, 0) is 0 Å². The van der Waals surface area contributed by atoms with Gasteiger partial charge >= 0.3 is 0 Å². The van der Waals surface area contributed by atoms with Crippen molar-refractivity contribution in [1.29, 1.82) is 0 Å². The molecule has 0 aliphatic carbocycles. The van der Waals surface area contributed by atoms with Crippen LogP contribution in [0.5, 0.6) is 11.6 Å². The number of anilines is 1. The highest BCUT2D eigenvalue weighted by Gasteiger charge is 2.26. The molecule has 1 aliphatic rings. The van der Waals surface area contributed by atoms with Crippen LogP contribution in [0.3, 0.4) is 0 Å². The first-order chi connectivity index (χ1) is 13.2. The third kappa shape index (κ3) is 3.59. The number of fused-ring (bicyclic) bond motifs is 3. The fourth-order valence-corrected chi connectivity index (χ4v) is 3.90.